The van der Waals surface area contributed by atoms with Crippen molar-refractivity contribution in [2.75, 3.05) is 13.7 Å². The molecule has 0 radical (unpaired) electrons. The predicted octanol–water partition coefficient (Wildman–Crippen LogP) is -1.63. The van der Waals surface area contributed by atoms with Gasteiger partial charge in [0.2, 0.25) is 0 Å². The van der Waals surface area contributed by atoms with E-state index in [1.165, 1.54) is 0 Å². The summed E-state index contributed by atoms with van der Waals surface area (Å²) in [6.07, 6.45) is -1.22. The first-order valence-corrected chi connectivity index (χ1v) is 2.41. The molecule has 0 fully saturated rings. The van der Waals surface area contributed by atoms with Crippen LogP contribution in [0.1, 0.15) is 0 Å². The van der Waals surface area contributed by atoms with E-state index in [-0.39, 0.29) is 0 Å². The van der Waals surface area contributed by atoms with Crippen LogP contribution in [0.15, 0.2) is 0 Å². The van der Waals surface area contributed by atoms with E-state index in [2.05, 4.69) is 15.2 Å². The Hall–Kier alpha value is -0.850. The van der Waals surface area contributed by atoms with Crippen LogP contribution in [-0.4, -0.2) is 36.0 Å². The van der Waals surface area contributed by atoms with E-state index in [1.807, 2.05) is 0 Å². The van der Waals surface area contributed by atoms with Crippen molar-refractivity contribution in [3.63, 3.8) is 0 Å². The lowest BCUT2D eigenvalue weighted by Gasteiger charge is -2.21. The monoisotopic (exact) mass is 151 g/mol. The van der Waals surface area contributed by atoms with Gasteiger partial charge in [0.1, 0.15) is 6.61 Å². The third kappa shape index (κ3) is 2.62. The van der Waals surface area contributed by atoms with Crippen LogP contribution in [0.5, 0.6) is 0 Å². The molecule has 0 saturated carbocycles. The minimum atomic E-state index is -2.31. The van der Waals surface area contributed by atoms with Crippen molar-refractivity contribution in [3.8, 4) is 0 Å². The Balaban J connectivity index is 3.92. The molecule has 1 amide bonds. The second-order valence-electron chi connectivity index (χ2n) is 1.50. The Morgan fingerprint density at radius 1 is 1.80 bits per heavy atom. The highest BCUT2D eigenvalue weighted by Crippen LogP contribution is 2.04. The fourth-order valence-corrected chi connectivity index (χ4v) is 0.296. The summed E-state index contributed by atoms with van der Waals surface area (Å²) in [5.74, 6) is -2.31. The Bertz CT molecular complexity index is 121. The first kappa shape index (κ1) is 9.15. The molecule has 1 atom stereocenters. The lowest BCUT2D eigenvalue weighted by molar-refractivity contribution is -0.334. The molecule has 4 N–H and O–H groups in total. The van der Waals surface area contributed by atoms with Gasteiger partial charge in [0, 0.05) is 7.11 Å². The number of carbonyl (C=O) groups excluding carboxylic acids is 1. The molecule has 0 bridgehead atoms. The van der Waals surface area contributed by atoms with Gasteiger partial charge in [0.25, 0.3) is 0 Å². The molecule has 0 rings (SSSR count). The van der Waals surface area contributed by atoms with E-state index in [1.54, 1.807) is 0 Å². The Kier molecular flexibility index (Phi) is 3.07. The molecular formula is C4H9NO5. The van der Waals surface area contributed by atoms with Crippen LogP contribution in [0, 0.1) is 0 Å². The average molecular weight is 151 g/mol. The molecule has 6 heteroatoms. The van der Waals surface area contributed by atoms with Gasteiger partial charge in [-0.2, -0.15) is 0 Å². The lowest BCUT2D eigenvalue weighted by Crippen LogP contribution is -2.42. The maximum absolute atomic E-state index is 9.98. The van der Waals surface area contributed by atoms with Crippen molar-refractivity contribution in [2.24, 2.45) is 5.73 Å². The number of methoxy groups -OCH3 is 1. The number of aliphatic hydroxyl groups excluding tert-OH is 1. The second-order valence-corrected chi connectivity index (χ2v) is 1.50. The molecule has 60 valence electrons. The molecule has 10 heavy (non-hydrogen) atoms. The van der Waals surface area contributed by atoms with Gasteiger partial charge in [-0.25, -0.2) is 4.79 Å². The van der Waals surface area contributed by atoms with E-state index in [0.29, 0.717) is 0 Å². The fourth-order valence-electron chi connectivity index (χ4n) is 0.296. The molecule has 0 saturated heterocycles. The SMILES string of the molecule is COC(O)(CO)OC(N)=O. The first-order chi connectivity index (χ1) is 4.54. The average Bonchev–Trinajstić information content (AvgIpc) is 1.87. The second kappa shape index (κ2) is 3.35. The van der Waals surface area contributed by atoms with Crippen LogP contribution in [0.3, 0.4) is 0 Å². The lowest BCUT2D eigenvalue weighted by atomic mass is 10.6. The van der Waals surface area contributed by atoms with Gasteiger partial charge in [-0.3, -0.25) is 0 Å². The standard InChI is InChI=1S/C4H9NO5/c1-9-4(8,2-6)10-3(5)7/h6,8H,2H2,1H3,(H2,5,7). The van der Waals surface area contributed by atoms with Gasteiger partial charge in [-0.1, -0.05) is 0 Å². The number of amides is 1. The van der Waals surface area contributed by atoms with Crippen LogP contribution in [0.2, 0.25) is 0 Å². The van der Waals surface area contributed by atoms with E-state index in [4.69, 9.17) is 10.2 Å². The highest BCUT2D eigenvalue weighted by molar-refractivity contribution is 5.64. The number of nitrogens with two attached hydrogens (primary N) is 1. The number of aliphatic hydroxyl groups is 2. The van der Waals surface area contributed by atoms with E-state index >= 15 is 0 Å². The minimum Gasteiger partial charge on any atom is -0.389 e. The van der Waals surface area contributed by atoms with Crippen LogP contribution < -0.4 is 5.73 Å². The van der Waals surface area contributed by atoms with Crippen molar-refractivity contribution in [1.29, 1.82) is 0 Å². The van der Waals surface area contributed by atoms with E-state index < -0.39 is 18.7 Å². The van der Waals surface area contributed by atoms with Gasteiger partial charge in [0.05, 0.1) is 0 Å². The van der Waals surface area contributed by atoms with Gasteiger partial charge >= 0.3 is 12.1 Å². The zero-order valence-electron chi connectivity index (χ0n) is 5.40. The predicted molar refractivity (Wildman–Crippen MR) is 29.7 cm³/mol. The normalized spacial score (nSPS) is 15.9. The van der Waals surface area contributed by atoms with Gasteiger partial charge in [0.15, 0.2) is 0 Å². The van der Waals surface area contributed by atoms with E-state index in [9.17, 15) is 4.79 Å². The van der Waals surface area contributed by atoms with Gasteiger partial charge in [-0.15, -0.1) is 0 Å². The topological polar surface area (TPSA) is 102 Å². The molecule has 0 heterocycles. The molecule has 0 aromatic carbocycles. The largest absolute Gasteiger partial charge is 0.408 e. The Morgan fingerprint density at radius 3 is 2.40 bits per heavy atom. The molecule has 0 aromatic heterocycles. The van der Waals surface area contributed by atoms with Crippen LogP contribution in [0.25, 0.3) is 0 Å². The zero-order valence-corrected chi connectivity index (χ0v) is 5.40. The van der Waals surface area contributed by atoms with Gasteiger partial charge in [-0.05, 0) is 0 Å². The van der Waals surface area contributed by atoms with E-state index in [0.717, 1.165) is 7.11 Å². The van der Waals surface area contributed by atoms with Crippen molar-refractivity contribution < 1.29 is 24.5 Å². The Labute approximate surface area is 57.2 Å². The molecule has 0 spiro atoms. The maximum atomic E-state index is 9.98. The minimum absolute atomic E-state index is 0.869. The quantitative estimate of drug-likeness (QED) is 0.420. The summed E-state index contributed by atoms with van der Waals surface area (Å²) >= 11 is 0. The number of primary amides is 1. The van der Waals surface area contributed by atoms with Crippen LogP contribution >= 0.6 is 0 Å². The third-order valence-electron chi connectivity index (χ3n) is 0.779. The van der Waals surface area contributed by atoms with Crippen molar-refractivity contribution in [2.45, 2.75) is 5.97 Å². The number of rotatable bonds is 3. The highest BCUT2D eigenvalue weighted by Gasteiger charge is 2.29. The van der Waals surface area contributed by atoms with Crippen molar-refractivity contribution >= 4 is 6.09 Å². The fraction of sp³-hybridized carbons (Fsp3) is 0.750. The summed E-state index contributed by atoms with van der Waals surface area (Å²) in [4.78, 5) is 9.98. The van der Waals surface area contributed by atoms with Crippen LogP contribution in [0.4, 0.5) is 4.79 Å². The smallest absolute Gasteiger partial charge is 0.389 e. The summed E-state index contributed by atoms with van der Waals surface area (Å²) in [7, 11) is 1.05. The number of hydrogen-bond acceptors (Lipinski definition) is 5. The molecule has 0 aliphatic heterocycles. The number of hydrogen-bond donors (Lipinski definition) is 3. The molecular weight excluding hydrogens is 142 g/mol. The first-order valence-electron chi connectivity index (χ1n) is 2.41. The molecule has 6 nitrogen and oxygen atoms in total. The van der Waals surface area contributed by atoms with Gasteiger partial charge < -0.3 is 25.4 Å². The summed E-state index contributed by atoms with van der Waals surface area (Å²) in [5.41, 5.74) is 4.52. The summed E-state index contributed by atoms with van der Waals surface area (Å²) < 4.78 is 8.14. The van der Waals surface area contributed by atoms with Crippen molar-refractivity contribution in [3.05, 3.63) is 0 Å². The zero-order chi connectivity index (χ0) is 8.20. The number of ether oxygens (including phenoxy) is 2. The third-order valence-corrected chi connectivity index (χ3v) is 0.779. The molecule has 1 unspecified atom stereocenters. The summed E-state index contributed by atoms with van der Waals surface area (Å²) in [6, 6.07) is 0. The summed E-state index contributed by atoms with van der Waals surface area (Å²) in [6.45, 7) is -0.869. The molecule has 0 aliphatic carbocycles. The van der Waals surface area contributed by atoms with Crippen LogP contribution in [-0.2, 0) is 9.47 Å². The summed E-state index contributed by atoms with van der Waals surface area (Å²) in [5, 5.41) is 17.1. The molecule has 0 aliphatic rings. The Morgan fingerprint density at radius 2 is 2.30 bits per heavy atom. The van der Waals surface area contributed by atoms with Crippen molar-refractivity contribution in [1.82, 2.24) is 0 Å². The molecule has 0 aromatic rings. The maximum Gasteiger partial charge on any atom is 0.408 e. The number of carbonyl (C=O) groups is 1. The highest BCUT2D eigenvalue weighted by atomic mass is 16.8.